The SMILES string of the molecule is CCn1c2ccccc2c2cc(NC(=O)C(C)OC(=O)c3ccc(CS(C)(=O)=O)cc3)ccc21. The number of nitrogens with one attached hydrogen (secondary N) is 1. The summed E-state index contributed by atoms with van der Waals surface area (Å²) in [5, 5.41) is 4.97. The molecule has 0 aliphatic heterocycles. The van der Waals surface area contributed by atoms with Gasteiger partial charge in [0.15, 0.2) is 15.9 Å². The fraction of sp³-hybridized carbons (Fsp3) is 0.231. The van der Waals surface area contributed by atoms with E-state index in [-0.39, 0.29) is 11.3 Å². The molecule has 1 atom stereocenters. The number of hydrogen-bond acceptors (Lipinski definition) is 5. The zero-order valence-electron chi connectivity index (χ0n) is 19.2. The molecule has 0 aliphatic carbocycles. The van der Waals surface area contributed by atoms with Gasteiger partial charge in [0.1, 0.15) is 0 Å². The van der Waals surface area contributed by atoms with Gasteiger partial charge in [0.25, 0.3) is 5.91 Å². The lowest BCUT2D eigenvalue weighted by Crippen LogP contribution is -2.30. The summed E-state index contributed by atoms with van der Waals surface area (Å²) < 4.78 is 30.4. The lowest BCUT2D eigenvalue weighted by molar-refractivity contribution is -0.123. The van der Waals surface area contributed by atoms with E-state index >= 15 is 0 Å². The number of ether oxygens (including phenoxy) is 1. The molecule has 34 heavy (non-hydrogen) atoms. The number of anilines is 1. The van der Waals surface area contributed by atoms with Crippen molar-refractivity contribution in [3.63, 3.8) is 0 Å². The van der Waals surface area contributed by atoms with E-state index in [4.69, 9.17) is 4.74 Å². The van der Waals surface area contributed by atoms with Gasteiger partial charge in [0.2, 0.25) is 0 Å². The molecule has 1 amide bonds. The number of amides is 1. The van der Waals surface area contributed by atoms with Gasteiger partial charge in [-0.15, -0.1) is 0 Å². The van der Waals surface area contributed by atoms with E-state index in [9.17, 15) is 18.0 Å². The number of sulfone groups is 1. The standard InChI is InChI=1S/C26H26N2O5S/c1-4-28-23-8-6-5-7-21(23)22-15-20(13-14-24(22)28)27-25(29)17(2)33-26(30)19-11-9-18(10-12-19)16-34(3,31)32/h5-15,17H,4,16H2,1-3H3,(H,27,29). The molecule has 1 heterocycles. The molecular formula is C26H26N2O5S. The van der Waals surface area contributed by atoms with Crippen LogP contribution in [0.25, 0.3) is 21.8 Å². The average Bonchev–Trinajstić information content (AvgIpc) is 3.11. The van der Waals surface area contributed by atoms with Crippen LogP contribution in [0.3, 0.4) is 0 Å². The maximum absolute atomic E-state index is 12.7. The number of esters is 1. The summed E-state index contributed by atoms with van der Waals surface area (Å²) in [5.41, 5.74) is 3.65. The second-order valence-electron chi connectivity index (χ2n) is 8.30. The third-order valence-corrected chi connectivity index (χ3v) is 6.49. The molecule has 0 fully saturated rings. The second-order valence-corrected chi connectivity index (χ2v) is 10.4. The molecule has 0 spiro atoms. The molecule has 1 aromatic heterocycles. The highest BCUT2D eigenvalue weighted by molar-refractivity contribution is 7.89. The van der Waals surface area contributed by atoms with Gasteiger partial charge in [0, 0.05) is 40.3 Å². The molecule has 3 aromatic carbocycles. The van der Waals surface area contributed by atoms with Gasteiger partial charge in [-0.25, -0.2) is 13.2 Å². The van der Waals surface area contributed by atoms with Crippen molar-refractivity contribution in [2.24, 2.45) is 0 Å². The predicted octanol–water partition coefficient (Wildman–Crippen LogP) is 4.54. The van der Waals surface area contributed by atoms with Gasteiger partial charge in [-0.2, -0.15) is 0 Å². The van der Waals surface area contributed by atoms with Gasteiger partial charge in [0.05, 0.1) is 11.3 Å². The Morgan fingerprint density at radius 1 is 0.971 bits per heavy atom. The van der Waals surface area contributed by atoms with Crippen molar-refractivity contribution in [1.82, 2.24) is 4.57 Å². The van der Waals surface area contributed by atoms with Crippen molar-refractivity contribution < 1.29 is 22.7 Å². The van der Waals surface area contributed by atoms with Gasteiger partial charge >= 0.3 is 5.97 Å². The smallest absolute Gasteiger partial charge is 0.338 e. The molecule has 176 valence electrons. The molecule has 0 saturated heterocycles. The molecule has 0 bridgehead atoms. The van der Waals surface area contributed by atoms with Crippen LogP contribution >= 0.6 is 0 Å². The van der Waals surface area contributed by atoms with Gasteiger partial charge in [-0.05, 0) is 55.8 Å². The minimum atomic E-state index is -3.17. The fourth-order valence-electron chi connectivity index (χ4n) is 4.04. The van der Waals surface area contributed by atoms with Crippen LogP contribution in [0.5, 0.6) is 0 Å². The van der Waals surface area contributed by atoms with E-state index in [2.05, 4.69) is 28.9 Å². The number of hydrogen-bond donors (Lipinski definition) is 1. The first-order valence-electron chi connectivity index (χ1n) is 11.0. The van der Waals surface area contributed by atoms with E-state index in [0.717, 1.165) is 34.6 Å². The Kier molecular flexibility index (Phi) is 6.43. The summed E-state index contributed by atoms with van der Waals surface area (Å²) in [4.78, 5) is 25.1. The summed E-state index contributed by atoms with van der Waals surface area (Å²) in [7, 11) is -3.17. The van der Waals surface area contributed by atoms with Gasteiger partial charge in [-0.1, -0.05) is 30.3 Å². The highest BCUT2D eigenvalue weighted by Gasteiger charge is 2.20. The summed E-state index contributed by atoms with van der Waals surface area (Å²) in [6.45, 7) is 4.43. The van der Waals surface area contributed by atoms with Crippen molar-refractivity contribution >= 4 is 49.2 Å². The molecule has 1 unspecified atom stereocenters. The minimum Gasteiger partial charge on any atom is -0.449 e. The largest absolute Gasteiger partial charge is 0.449 e. The van der Waals surface area contributed by atoms with E-state index in [1.54, 1.807) is 12.1 Å². The number of para-hydroxylation sites is 1. The highest BCUT2D eigenvalue weighted by Crippen LogP contribution is 2.31. The second kappa shape index (κ2) is 9.30. The molecule has 1 N–H and O–H groups in total. The first-order valence-corrected chi connectivity index (χ1v) is 13.0. The minimum absolute atomic E-state index is 0.109. The van der Waals surface area contributed by atoms with Gasteiger partial charge in [-0.3, -0.25) is 4.79 Å². The molecule has 0 saturated carbocycles. The monoisotopic (exact) mass is 478 g/mol. The summed E-state index contributed by atoms with van der Waals surface area (Å²) >= 11 is 0. The maximum atomic E-state index is 12.7. The number of carbonyl (C=O) groups is 2. The topological polar surface area (TPSA) is 94.5 Å². The third-order valence-electron chi connectivity index (χ3n) is 5.63. The third kappa shape index (κ3) is 4.97. The molecule has 8 heteroatoms. The van der Waals surface area contributed by atoms with Crippen LogP contribution in [-0.2, 0) is 31.7 Å². The van der Waals surface area contributed by atoms with Crippen molar-refractivity contribution in [3.8, 4) is 0 Å². The summed E-state index contributed by atoms with van der Waals surface area (Å²) in [5.74, 6) is -1.21. The molecule has 7 nitrogen and oxygen atoms in total. The van der Waals surface area contributed by atoms with Crippen molar-refractivity contribution in [2.75, 3.05) is 11.6 Å². The Balaban J connectivity index is 1.46. The Bertz CT molecular complexity index is 1490. The first-order chi connectivity index (χ1) is 16.2. The van der Waals surface area contributed by atoms with Crippen LogP contribution in [0, 0.1) is 0 Å². The molecular weight excluding hydrogens is 452 g/mol. The lowest BCUT2D eigenvalue weighted by atomic mass is 10.1. The number of fused-ring (bicyclic) bond motifs is 3. The number of nitrogens with zero attached hydrogens (tertiary/aromatic N) is 1. The zero-order chi connectivity index (χ0) is 24.5. The predicted molar refractivity (Wildman–Crippen MR) is 134 cm³/mol. The zero-order valence-corrected chi connectivity index (χ0v) is 20.1. The van der Waals surface area contributed by atoms with E-state index in [1.807, 2.05) is 30.3 Å². The molecule has 0 radical (unpaired) electrons. The van der Waals surface area contributed by atoms with Crippen LogP contribution in [0.4, 0.5) is 5.69 Å². The van der Waals surface area contributed by atoms with Crippen molar-refractivity contribution in [2.45, 2.75) is 32.2 Å². The normalized spacial score (nSPS) is 12.6. The van der Waals surface area contributed by atoms with Crippen LogP contribution in [0.15, 0.2) is 66.7 Å². The van der Waals surface area contributed by atoms with E-state index < -0.39 is 27.8 Å². The Morgan fingerprint density at radius 2 is 1.65 bits per heavy atom. The fourth-order valence-corrected chi connectivity index (χ4v) is 4.84. The van der Waals surface area contributed by atoms with Crippen molar-refractivity contribution in [1.29, 1.82) is 0 Å². The lowest BCUT2D eigenvalue weighted by Gasteiger charge is -2.14. The summed E-state index contributed by atoms with van der Waals surface area (Å²) in [6.07, 6.45) is 0.130. The van der Waals surface area contributed by atoms with E-state index in [0.29, 0.717) is 11.3 Å². The Hall–Kier alpha value is -3.65. The molecule has 4 rings (SSSR count). The summed E-state index contributed by atoms with van der Waals surface area (Å²) in [6, 6.07) is 20.0. The molecule has 4 aromatic rings. The maximum Gasteiger partial charge on any atom is 0.338 e. The number of rotatable bonds is 7. The first kappa shape index (κ1) is 23.5. The van der Waals surface area contributed by atoms with Crippen LogP contribution in [0.1, 0.15) is 29.8 Å². The van der Waals surface area contributed by atoms with E-state index in [1.165, 1.54) is 19.1 Å². The highest BCUT2D eigenvalue weighted by atomic mass is 32.2. The average molecular weight is 479 g/mol. The number of aryl methyl sites for hydroxylation is 1. The quantitative estimate of drug-likeness (QED) is 0.394. The number of benzene rings is 3. The number of carbonyl (C=O) groups excluding carboxylic acids is 2. The van der Waals surface area contributed by atoms with Gasteiger partial charge < -0.3 is 14.6 Å². The van der Waals surface area contributed by atoms with Crippen LogP contribution in [0.2, 0.25) is 0 Å². The molecule has 0 aliphatic rings. The van der Waals surface area contributed by atoms with Crippen LogP contribution < -0.4 is 5.32 Å². The number of aromatic nitrogens is 1. The van der Waals surface area contributed by atoms with Crippen LogP contribution in [-0.4, -0.2) is 37.2 Å². The Labute approximate surface area is 198 Å². The Morgan fingerprint density at radius 3 is 2.32 bits per heavy atom. The van der Waals surface area contributed by atoms with Crippen molar-refractivity contribution in [3.05, 3.63) is 77.9 Å².